The molecule has 1 aromatic carbocycles. The maximum Gasteiger partial charge on any atom is 0.182 e. The summed E-state index contributed by atoms with van der Waals surface area (Å²) in [6.07, 6.45) is 0. The lowest BCUT2D eigenvalue weighted by Crippen LogP contribution is -2.27. The summed E-state index contributed by atoms with van der Waals surface area (Å²) >= 11 is 2.81. The number of Topliss-reactive ketones (excluding diaryl/α,β-unsaturated/α-hetero) is 1. The molecule has 1 atom stereocenters. The van der Waals surface area contributed by atoms with Crippen molar-refractivity contribution in [1.82, 2.24) is 0 Å². The van der Waals surface area contributed by atoms with Gasteiger partial charge in [0.25, 0.3) is 0 Å². The third-order valence-electron chi connectivity index (χ3n) is 1.67. The van der Waals surface area contributed by atoms with Gasteiger partial charge in [-0.3, -0.25) is 4.79 Å². The van der Waals surface area contributed by atoms with Crippen LogP contribution < -0.4 is 5.73 Å². The molecule has 0 aliphatic heterocycles. The van der Waals surface area contributed by atoms with Gasteiger partial charge in [0, 0.05) is 0 Å². The van der Waals surface area contributed by atoms with Crippen molar-refractivity contribution in [2.24, 2.45) is 5.73 Å². The first-order valence-electron chi connectivity index (χ1n) is 3.88. The van der Waals surface area contributed by atoms with Gasteiger partial charge in [-0.15, -0.1) is 0 Å². The highest BCUT2D eigenvalue weighted by Crippen LogP contribution is 2.21. The fraction of sp³-hybridized carbons (Fsp3) is 0.222. The number of carbonyl (C=O) groups is 1. The lowest BCUT2D eigenvalue weighted by atomic mass is 10.1. The number of hydrogen-bond acceptors (Lipinski definition) is 2. The van der Waals surface area contributed by atoms with Crippen LogP contribution in [-0.2, 0) is 0 Å². The molecule has 0 aliphatic rings. The largest absolute Gasteiger partial charge is 0.321 e. The molecule has 0 saturated carbocycles. The predicted molar refractivity (Wildman–Crippen MR) is 52.0 cm³/mol. The number of halogens is 3. The van der Waals surface area contributed by atoms with Crippen molar-refractivity contribution in [2.45, 2.75) is 13.0 Å². The Morgan fingerprint density at radius 2 is 2.07 bits per heavy atom. The second-order valence-corrected chi connectivity index (χ2v) is 3.76. The average molecular weight is 264 g/mol. The van der Waals surface area contributed by atoms with Gasteiger partial charge in [0.1, 0.15) is 11.6 Å². The van der Waals surface area contributed by atoms with Crippen molar-refractivity contribution in [3.05, 3.63) is 33.8 Å². The molecule has 2 N–H and O–H groups in total. The fourth-order valence-corrected chi connectivity index (χ4v) is 1.41. The van der Waals surface area contributed by atoms with E-state index < -0.39 is 23.5 Å². The maximum atomic E-state index is 13.3. The van der Waals surface area contributed by atoms with Crippen LogP contribution in [0.3, 0.4) is 0 Å². The maximum absolute atomic E-state index is 13.3. The molecule has 1 rings (SSSR count). The Morgan fingerprint density at radius 1 is 1.50 bits per heavy atom. The van der Waals surface area contributed by atoms with Crippen LogP contribution in [0, 0.1) is 11.6 Å². The summed E-state index contributed by atoms with van der Waals surface area (Å²) in [4.78, 5) is 11.3. The molecule has 1 unspecified atom stereocenters. The molecule has 0 aromatic heterocycles. The third-order valence-corrected chi connectivity index (χ3v) is 2.25. The number of hydrogen-bond donors (Lipinski definition) is 1. The van der Waals surface area contributed by atoms with Gasteiger partial charge >= 0.3 is 0 Å². The molecule has 0 heterocycles. The predicted octanol–water partition coefficient (Wildman–Crippen LogP) is 2.26. The summed E-state index contributed by atoms with van der Waals surface area (Å²) in [5.74, 6) is -2.08. The van der Waals surface area contributed by atoms with Crippen molar-refractivity contribution < 1.29 is 13.6 Å². The molecule has 0 amide bonds. The van der Waals surface area contributed by atoms with Gasteiger partial charge < -0.3 is 5.73 Å². The second kappa shape index (κ2) is 4.14. The molecule has 0 saturated heterocycles. The van der Waals surface area contributed by atoms with Crippen LogP contribution in [0.4, 0.5) is 8.78 Å². The third kappa shape index (κ3) is 2.16. The van der Waals surface area contributed by atoms with Crippen LogP contribution in [-0.4, -0.2) is 11.8 Å². The molecule has 1 aromatic rings. The molecule has 14 heavy (non-hydrogen) atoms. The highest BCUT2D eigenvalue weighted by molar-refractivity contribution is 9.10. The number of nitrogens with two attached hydrogens (primary N) is 1. The molecular formula is C9H8BrF2NO. The Balaban J connectivity index is 3.27. The summed E-state index contributed by atoms with van der Waals surface area (Å²) in [5.41, 5.74) is 4.96. The number of rotatable bonds is 2. The van der Waals surface area contributed by atoms with Gasteiger partial charge in [-0.25, -0.2) is 8.78 Å². The van der Waals surface area contributed by atoms with E-state index in [0.29, 0.717) is 0 Å². The van der Waals surface area contributed by atoms with Gasteiger partial charge in [-0.2, -0.15) is 0 Å². The molecule has 2 nitrogen and oxygen atoms in total. The Labute approximate surface area is 88.2 Å². The van der Waals surface area contributed by atoms with Gasteiger partial charge in [0.15, 0.2) is 5.78 Å². The quantitative estimate of drug-likeness (QED) is 0.657. The normalized spacial score (nSPS) is 12.6. The Kier molecular flexibility index (Phi) is 3.34. The lowest BCUT2D eigenvalue weighted by molar-refractivity contribution is 0.0963. The van der Waals surface area contributed by atoms with E-state index in [1.165, 1.54) is 6.92 Å². The topological polar surface area (TPSA) is 43.1 Å². The van der Waals surface area contributed by atoms with Crippen LogP contribution in [0.25, 0.3) is 0 Å². The molecular weight excluding hydrogens is 256 g/mol. The van der Waals surface area contributed by atoms with Crippen molar-refractivity contribution in [3.63, 3.8) is 0 Å². The minimum absolute atomic E-state index is 0.0819. The van der Waals surface area contributed by atoms with E-state index in [9.17, 15) is 13.6 Å². The van der Waals surface area contributed by atoms with E-state index in [1.807, 2.05) is 0 Å². The summed E-state index contributed by atoms with van der Waals surface area (Å²) in [6.45, 7) is 1.42. The van der Waals surface area contributed by atoms with E-state index in [1.54, 1.807) is 0 Å². The zero-order chi connectivity index (χ0) is 10.9. The van der Waals surface area contributed by atoms with E-state index in [-0.39, 0.29) is 10.0 Å². The van der Waals surface area contributed by atoms with Gasteiger partial charge in [-0.1, -0.05) is 0 Å². The molecule has 76 valence electrons. The standard InChI is InChI=1S/C9H8BrF2NO/c1-4(13)9(14)6-2-5(11)3-7(10)8(6)12/h2-4H,13H2,1H3. The zero-order valence-electron chi connectivity index (χ0n) is 7.35. The van der Waals surface area contributed by atoms with Crippen molar-refractivity contribution in [2.75, 3.05) is 0 Å². The van der Waals surface area contributed by atoms with Crippen LogP contribution in [0.15, 0.2) is 16.6 Å². The minimum atomic E-state index is -0.849. The summed E-state index contributed by atoms with van der Waals surface area (Å²) in [5, 5.41) is 0. The highest BCUT2D eigenvalue weighted by Gasteiger charge is 2.18. The minimum Gasteiger partial charge on any atom is -0.321 e. The van der Waals surface area contributed by atoms with Crippen molar-refractivity contribution in [1.29, 1.82) is 0 Å². The molecule has 0 spiro atoms. The number of benzene rings is 1. The van der Waals surface area contributed by atoms with Crippen molar-refractivity contribution >= 4 is 21.7 Å². The number of carbonyl (C=O) groups excluding carboxylic acids is 1. The molecule has 5 heteroatoms. The Bertz CT molecular complexity index is 379. The van der Waals surface area contributed by atoms with Gasteiger partial charge in [0.2, 0.25) is 0 Å². The summed E-state index contributed by atoms with van der Waals surface area (Å²) in [6, 6.07) is 0.942. The van der Waals surface area contributed by atoms with Crippen LogP contribution in [0.2, 0.25) is 0 Å². The number of ketones is 1. The highest BCUT2D eigenvalue weighted by atomic mass is 79.9. The fourth-order valence-electron chi connectivity index (χ4n) is 0.981. The first-order valence-corrected chi connectivity index (χ1v) is 4.67. The van der Waals surface area contributed by atoms with Crippen LogP contribution in [0.1, 0.15) is 17.3 Å². The van der Waals surface area contributed by atoms with Crippen molar-refractivity contribution in [3.8, 4) is 0 Å². The summed E-state index contributed by atoms with van der Waals surface area (Å²) < 4.78 is 26.1. The van der Waals surface area contributed by atoms with Gasteiger partial charge in [0.05, 0.1) is 16.1 Å². The lowest BCUT2D eigenvalue weighted by Gasteiger charge is -2.06. The smallest absolute Gasteiger partial charge is 0.182 e. The SMILES string of the molecule is CC(N)C(=O)c1cc(F)cc(Br)c1F. The van der Waals surface area contributed by atoms with E-state index >= 15 is 0 Å². The van der Waals surface area contributed by atoms with E-state index in [2.05, 4.69) is 15.9 Å². The van der Waals surface area contributed by atoms with Crippen LogP contribution in [0.5, 0.6) is 0 Å². The first-order chi connectivity index (χ1) is 6.43. The van der Waals surface area contributed by atoms with E-state index in [4.69, 9.17) is 5.73 Å². The molecule has 0 bridgehead atoms. The van der Waals surface area contributed by atoms with Crippen LogP contribution >= 0.6 is 15.9 Å². The Hall–Kier alpha value is -0.810. The average Bonchev–Trinajstić information content (AvgIpc) is 2.09. The zero-order valence-corrected chi connectivity index (χ0v) is 8.94. The Morgan fingerprint density at radius 3 is 2.57 bits per heavy atom. The molecule has 0 radical (unpaired) electrons. The molecule has 0 fully saturated rings. The second-order valence-electron chi connectivity index (χ2n) is 2.90. The first kappa shape index (κ1) is 11.3. The molecule has 0 aliphatic carbocycles. The monoisotopic (exact) mass is 263 g/mol. The van der Waals surface area contributed by atoms with Gasteiger partial charge in [-0.05, 0) is 35.0 Å². The summed E-state index contributed by atoms with van der Waals surface area (Å²) in [7, 11) is 0. The van der Waals surface area contributed by atoms with E-state index in [0.717, 1.165) is 12.1 Å².